The molecule has 0 atom stereocenters. The van der Waals surface area contributed by atoms with E-state index in [1.807, 2.05) is 30.1 Å². The van der Waals surface area contributed by atoms with Gasteiger partial charge in [-0.05, 0) is 43.6 Å². The highest BCUT2D eigenvalue weighted by Crippen LogP contribution is 2.39. The molecule has 2 aromatic carbocycles. The first kappa shape index (κ1) is 17.1. The molecule has 0 radical (unpaired) electrons. The van der Waals surface area contributed by atoms with Crippen LogP contribution >= 0.6 is 0 Å². The van der Waals surface area contributed by atoms with Gasteiger partial charge in [0.25, 0.3) is 0 Å². The molecule has 2 heterocycles. The van der Waals surface area contributed by atoms with Crippen molar-refractivity contribution < 1.29 is 9.41 Å². The number of nitrogens with zero attached hydrogens (tertiary/aromatic N) is 2. The fourth-order valence-corrected chi connectivity index (χ4v) is 3.94. The van der Waals surface area contributed by atoms with E-state index in [1.165, 1.54) is 22.6 Å². The van der Waals surface area contributed by atoms with Crippen LogP contribution in [0.5, 0.6) is 0 Å². The number of rotatable bonds is 3. The first-order valence-electron chi connectivity index (χ1n) is 9.01. The first-order chi connectivity index (χ1) is 12.6. The zero-order chi connectivity index (χ0) is 18.3. The van der Waals surface area contributed by atoms with E-state index in [2.05, 4.69) is 22.8 Å². The lowest BCUT2D eigenvalue weighted by Crippen LogP contribution is -2.39. The first-order valence-corrected chi connectivity index (χ1v) is 9.01. The molecule has 3 nitrogen and oxygen atoms in total. The topological polar surface area (TPSA) is 28.4 Å². The van der Waals surface area contributed by atoms with Crippen LogP contribution in [0, 0.1) is 5.82 Å². The number of aryl methyl sites for hydroxylation is 1. The van der Waals surface area contributed by atoms with Crippen LogP contribution < -0.4 is 0 Å². The molecule has 0 unspecified atom stereocenters. The molecule has 1 N–H and O–H groups in total. The second-order valence-electron chi connectivity index (χ2n) is 6.92. The van der Waals surface area contributed by atoms with Gasteiger partial charge in [0, 0.05) is 35.6 Å². The van der Waals surface area contributed by atoms with Gasteiger partial charge in [-0.1, -0.05) is 36.4 Å². The van der Waals surface area contributed by atoms with Crippen LogP contribution in [0.25, 0.3) is 27.7 Å². The highest BCUT2D eigenvalue weighted by Gasteiger charge is 2.24. The summed E-state index contributed by atoms with van der Waals surface area (Å²) in [5, 5.41) is 11.0. The molecular weight excluding hydrogens is 326 g/mol. The second-order valence-corrected chi connectivity index (χ2v) is 6.92. The molecular formula is C21H22BFN2O. The molecule has 132 valence electrons. The van der Waals surface area contributed by atoms with Crippen LogP contribution in [0.3, 0.4) is 0 Å². The summed E-state index contributed by atoms with van der Waals surface area (Å²) in [5.74, 6) is -0.225. The maximum atomic E-state index is 13.9. The van der Waals surface area contributed by atoms with Crippen molar-refractivity contribution in [1.82, 2.24) is 9.38 Å². The van der Waals surface area contributed by atoms with Crippen molar-refractivity contribution in [1.29, 1.82) is 0 Å². The van der Waals surface area contributed by atoms with E-state index in [4.69, 9.17) is 0 Å². The lowest BCUT2D eigenvalue weighted by molar-refractivity contribution is 0.392. The van der Waals surface area contributed by atoms with E-state index >= 15 is 0 Å². The van der Waals surface area contributed by atoms with E-state index in [0.29, 0.717) is 0 Å². The van der Waals surface area contributed by atoms with Gasteiger partial charge in [0.1, 0.15) is 5.82 Å². The minimum atomic E-state index is -0.442. The number of fused-ring (bicyclic) bond motifs is 1. The quantitative estimate of drug-likeness (QED) is 0.719. The average Bonchev–Trinajstić information content (AvgIpc) is 2.95. The van der Waals surface area contributed by atoms with Gasteiger partial charge in [0.2, 0.25) is 0 Å². The van der Waals surface area contributed by atoms with Gasteiger partial charge in [-0.15, -0.1) is 0 Å². The molecule has 1 aliphatic rings. The van der Waals surface area contributed by atoms with Gasteiger partial charge in [-0.2, -0.15) is 0 Å². The molecule has 0 fully saturated rings. The summed E-state index contributed by atoms with van der Waals surface area (Å²) in [7, 11) is 1.60. The third-order valence-corrected chi connectivity index (χ3v) is 5.30. The number of hydrogen-bond donors (Lipinski definition) is 1. The van der Waals surface area contributed by atoms with E-state index < -0.39 is 7.05 Å². The Morgan fingerprint density at radius 3 is 2.62 bits per heavy atom. The largest absolute Gasteiger partial charge is 0.437 e. The van der Waals surface area contributed by atoms with Crippen LogP contribution in [0.4, 0.5) is 4.39 Å². The molecule has 0 aliphatic carbocycles. The number of halogens is 1. The van der Waals surface area contributed by atoms with Crippen molar-refractivity contribution in [2.24, 2.45) is 7.05 Å². The summed E-state index contributed by atoms with van der Waals surface area (Å²) >= 11 is 0. The summed E-state index contributed by atoms with van der Waals surface area (Å²) in [6.45, 7) is 3.34. The lowest BCUT2D eigenvalue weighted by Gasteiger charge is -2.27. The molecule has 3 aromatic rings. The van der Waals surface area contributed by atoms with Gasteiger partial charge >= 0.3 is 7.05 Å². The van der Waals surface area contributed by atoms with Crippen molar-refractivity contribution in [2.75, 3.05) is 13.1 Å². The summed E-state index contributed by atoms with van der Waals surface area (Å²) < 4.78 is 16.0. The molecule has 4 rings (SSSR count). The third kappa shape index (κ3) is 2.87. The number of para-hydroxylation sites is 1. The molecule has 1 aliphatic heterocycles. The molecule has 26 heavy (non-hydrogen) atoms. The number of hydrogen-bond acceptors (Lipinski definition) is 2. The summed E-state index contributed by atoms with van der Waals surface area (Å²) in [5.41, 5.74) is 5.51. The zero-order valence-electron chi connectivity index (χ0n) is 15.1. The summed E-state index contributed by atoms with van der Waals surface area (Å²) in [4.78, 5) is 2.04. The summed E-state index contributed by atoms with van der Waals surface area (Å²) in [6, 6.07) is 15.1. The highest BCUT2D eigenvalue weighted by atomic mass is 19.1. The van der Waals surface area contributed by atoms with Gasteiger partial charge in [0.15, 0.2) is 0 Å². The van der Waals surface area contributed by atoms with Gasteiger partial charge in [-0.25, -0.2) is 4.39 Å². The minimum absolute atomic E-state index is 0.225. The molecule has 0 saturated heterocycles. The van der Waals surface area contributed by atoms with Crippen molar-refractivity contribution in [3.05, 3.63) is 66.0 Å². The van der Waals surface area contributed by atoms with Crippen LogP contribution in [-0.2, 0) is 7.05 Å². The monoisotopic (exact) mass is 348 g/mol. The van der Waals surface area contributed by atoms with Crippen LogP contribution in [0.1, 0.15) is 12.0 Å². The third-order valence-electron chi connectivity index (χ3n) is 5.30. The van der Waals surface area contributed by atoms with Crippen molar-refractivity contribution in [2.45, 2.75) is 13.2 Å². The Labute approximate surface area is 153 Å². The Balaban J connectivity index is 1.92. The van der Waals surface area contributed by atoms with Gasteiger partial charge < -0.3 is 14.4 Å². The zero-order valence-corrected chi connectivity index (χ0v) is 15.1. The van der Waals surface area contributed by atoms with Gasteiger partial charge in [-0.3, -0.25) is 0 Å². The highest BCUT2D eigenvalue weighted by molar-refractivity contribution is 6.45. The molecule has 1 aromatic heterocycles. The van der Waals surface area contributed by atoms with Gasteiger partial charge in [0.05, 0.1) is 5.69 Å². The Morgan fingerprint density at radius 2 is 1.92 bits per heavy atom. The standard InChI is InChI=1S/C21H22BFN2O/c1-22(26)25-12-10-15(11-13-25)20-18-8-3-4-9-19(18)24(2)21(20)16-6-5-7-17(23)14-16/h3-10,14,26H,11-13H2,1-2H3. The van der Waals surface area contributed by atoms with Crippen LogP contribution in [0.15, 0.2) is 54.6 Å². The minimum Gasteiger partial charge on any atom is -0.437 e. The maximum absolute atomic E-state index is 13.9. The second kappa shape index (κ2) is 6.74. The molecule has 0 bridgehead atoms. The predicted octanol–water partition coefficient (Wildman–Crippen LogP) is 4.18. The van der Waals surface area contributed by atoms with Crippen molar-refractivity contribution >= 4 is 23.5 Å². The Kier molecular flexibility index (Phi) is 4.43. The fourth-order valence-electron chi connectivity index (χ4n) is 3.94. The van der Waals surface area contributed by atoms with E-state index in [9.17, 15) is 9.41 Å². The predicted molar refractivity (Wildman–Crippen MR) is 106 cm³/mol. The maximum Gasteiger partial charge on any atom is 0.376 e. The lowest BCUT2D eigenvalue weighted by atomic mass is 9.82. The summed E-state index contributed by atoms with van der Waals surface area (Å²) in [6.07, 6.45) is 3.06. The Morgan fingerprint density at radius 1 is 1.12 bits per heavy atom. The molecule has 5 heteroatoms. The number of benzene rings is 2. The van der Waals surface area contributed by atoms with Crippen LogP contribution in [0.2, 0.25) is 6.82 Å². The molecule has 0 amide bonds. The molecule has 0 spiro atoms. The van der Waals surface area contributed by atoms with Crippen LogP contribution in [-0.4, -0.2) is 34.5 Å². The Bertz CT molecular complexity index is 993. The van der Waals surface area contributed by atoms with Crippen molar-refractivity contribution in [3.8, 4) is 11.3 Å². The smallest absolute Gasteiger partial charge is 0.376 e. The van der Waals surface area contributed by atoms with E-state index in [0.717, 1.165) is 36.3 Å². The van der Waals surface area contributed by atoms with E-state index in [1.54, 1.807) is 19.0 Å². The van der Waals surface area contributed by atoms with E-state index in [-0.39, 0.29) is 5.82 Å². The fraction of sp³-hybridized carbons (Fsp3) is 0.238. The number of aromatic nitrogens is 1. The van der Waals surface area contributed by atoms with Crippen molar-refractivity contribution in [3.63, 3.8) is 0 Å². The SMILES string of the molecule is CB(O)N1CC=C(c2c(-c3cccc(F)c3)n(C)c3ccccc23)CC1. The molecule has 0 saturated carbocycles. The Hall–Kier alpha value is -2.37. The normalized spacial score (nSPS) is 15.3. The average molecular weight is 348 g/mol.